The minimum Gasteiger partial charge on any atom is -0.453 e. The van der Waals surface area contributed by atoms with Crippen LogP contribution in [-0.4, -0.2) is 89.3 Å². The van der Waals surface area contributed by atoms with Crippen LogP contribution >= 0.6 is 0 Å². The highest BCUT2D eigenvalue weighted by Crippen LogP contribution is 2.54. The van der Waals surface area contributed by atoms with Gasteiger partial charge in [0.1, 0.15) is 22.8 Å². The van der Waals surface area contributed by atoms with Gasteiger partial charge < -0.3 is 51.5 Å². The molecule has 20 heteroatoms. The number of aromatic nitrogens is 6. The molecular weight excluding hydrogens is 626 g/mol. The molecule has 0 aliphatic heterocycles. The zero-order valence-corrected chi connectivity index (χ0v) is 25.2. The number of aliphatic hydroxyl groups is 7. The summed E-state index contributed by atoms with van der Waals surface area (Å²) >= 11 is 0. The molecule has 0 bridgehead atoms. The first-order valence-electron chi connectivity index (χ1n) is 14.3. The summed E-state index contributed by atoms with van der Waals surface area (Å²) in [6, 6.07) is 2.01. The Balaban J connectivity index is 1.45. The normalized spacial score (nSPS) is 24.6. The fourth-order valence-electron chi connectivity index (χ4n) is 6.58. The summed E-state index contributed by atoms with van der Waals surface area (Å²) in [6.07, 6.45) is -3.13. The molecule has 2 aliphatic carbocycles. The van der Waals surface area contributed by atoms with Gasteiger partial charge in [-0.2, -0.15) is 0 Å². The average Bonchev–Trinajstić information content (AvgIpc) is 3.21. The molecule has 6 rings (SSSR count). The van der Waals surface area contributed by atoms with Gasteiger partial charge in [0, 0.05) is 18.5 Å². The molecule has 4 atom stereocenters. The minimum absolute atomic E-state index is 0.00608. The van der Waals surface area contributed by atoms with Gasteiger partial charge in [0.15, 0.2) is 11.5 Å². The van der Waals surface area contributed by atoms with Crippen LogP contribution in [-0.2, 0) is 27.0 Å². The van der Waals surface area contributed by atoms with Crippen LogP contribution in [0.5, 0.6) is 0 Å². The third-order valence-corrected chi connectivity index (χ3v) is 8.92. The number of fused-ring (bicyclic) bond motifs is 2. The van der Waals surface area contributed by atoms with Crippen molar-refractivity contribution in [2.45, 2.75) is 68.8 Å². The van der Waals surface area contributed by atoms with Crippen molar-refractivity contribution in [1.29, 1.82) is 0 Å². The Bertz CT molecular complexity index is 2010. The van der Waals surface area contributed by atoms with Crippen molar-refractivity contribution in [3.8, 4) is 0 Å². The summed E-state index contributed by atoms with van der Waals surface area (Å²) in [5.74, 6) is -4.23. The second-order valence-corrected chi connectivity index (χ2v) is 12.1. The number of nitrogens with zero attached hydrogens (tertiary/aromatic N) is 6. The molecular formula is C27H33N9O11. The number of carbonyl (C=O) groups excluding carboxylic acids is 2. The van der Waals surface area contributed by atoms with E-state index in [9.17, 15) is 50.1 Å². The highest BCUT2D eigenvalue weighted by molar-refractivity contribution is 5.90. The predicted octanol–water partition coefficient (Wildman–Crippen LogP) is -2.54. The van der Waals surface area contributed by atoms with Gasteiger partial charge in [-0.05, 0) is 43.7 Å². The first kappa shape index (κ1) is 32.2. The maximum atomic E-state index is 13.5. The zero-order chi connectivity index (χ0) is 34.4. The van der Waals surface area contributed by atoms with E-state index >= 15 is 0 Å². The maximum absolute atomic E-state index is 13.5. The number of carbonyl (C=O) groups is 2. The number of nitrogens with one attached hydrogen (secondary N) is 2. The number of rotatable bonds is 8. The van der Waals surface area contributed by atoms with Crippen molar-refractivity contribution >= 4 is 40.2 Å². The van der Waals surface area contributed by atoms with Crippen LogP contribution in [0.4, 0.5) is 16.4 Å². The van der Waals surface area contributed by atoms with Crippen molar-refractivity contribution in [3.05, 3.63) is 45.9 Å². The van der Waals surface area contributed by atoms with Gasteiger partial charge in [0.2, 0.25) is 5.91 Å². The van der Waals surface area contributed by atoms with Gasteiger partial charge in [0.25, 0.3) is 0 Å². The minimum atomic E-state index is -3.62. The summed E-state index contributed by atoms with van der Waals surface area (Å²) < 4.78 is 7.15. The van der Waals surface area contributed by atoms with Gasteiger partial charge in [-0.15, -0.1) is 5.10 Å². The van der Waals surface area contributed by atoms with Crippen LogP contribution in [0, 0.1) is 12.8 Å². The van der Waals surface area contributed by atoms with Crippen LogP contribution in [0.3, 0.4) is 0 Å². The van der Waals surface area contributed by atoms with Crippen LogP contribution in [0.25, 0.3) is 16.6 Å². The van der Waals surface area contributed by atoms with Crippen molar-refractivity contribution in [1.82, 2.24) is 34.0 Å². The lowest BCUT2D eigenvalue weighted by atomic mass is 10.0. The number of nitrogens with two attached hydrogens (primary N) is 1. The molecule has 4 heterocycles. The van der Waals surface area contributed by atoms with E-state index in [1.54, 1.807) is 13.8 Å². The van der Waals surface area contributed by atoms with Gasteiger partial charge in [-0.25, -0.2) is 28.6 Å². The number of anilines is 2. The summed E-state index contributed by atoms with van der Waals surface area (Å²) in [7, 11) is 1.12. The standard InChI is InChI=1S/C27H33N9O11/c1-11-6-17(33-36-18(11)19(26(41,42)43)31-21(36)25(20(28)37)8-12(25)2)30-16-7-14-15(10-29-16)35(27(44,45)46)23(39)34(14)13-4-5-24(40,9-13)32-22(38)47-3/h6-7,10,12-13,40-46H,4-5,8-9H2,1-3H3,(H2,28,37)(H,32,38)(H,29,30,33). The largest absolute Gasteiger partial charge is 0.453 e. The van der Waals surface area contributed by atoms with Crippen LogP contribution in [0.1, 0.15) is 55.7 Å². The van der Waals surface area contributed by atoms with Crippen molar-refractivity contribution < 1.29 is 50.1 Å². The predicted molar refractivity (Wildman–Crippen MR) is 156 cm³/mol. The van der Waals surface area contributed by atoms with E-state index in [2.05, 4.69) is 30.4 Å². The van der Waals surface area contributed by atoms with Gasteiger partial charge in [-0.1, -0.05) is 6.92 Å². The molecule has 2 aliphatic rings. The molecule has 0 saturated heterocycles. The topological polar surface area (TPSA) is 305 Å². The Morgan fingerprint density at radius 1 is 1.11 bits per heavy atom. The number of hydrogen-bond donors (Lipinski definition) is 10. The number of imidazole rings is 2. The Labute approximate surface area is 263 Å². The fourth-order valence-corrected chi connectivity index (χ4v) is 6.58. The molecule has 11 N–H and O–H groups in total. The monoisotopic (exact) mass is 659 g/mol. The molecule has 0 spiro atoms. The lowest BCUT2D eigenvalue weighted by Gasteiger charge is -2.23. The summed E-state index contributed by atoms with van der Waals surface area (Å²) in [6.45, 7) is 3.32. The average molecular weight is 660 g/mol. The highest BCUT2D eigenvalue weighted by Gasteiger charge is 2.61. The van der Waals surface area contributed by atoms with Gasteiger partial charge in [-0.3, -0.25) is 14.7 Å². The van der Waals surface area contributed by atoms with E-state index in [0.29, 0.717) is 16.6 Å². The lowest BCUT2D eigenvalue weighted by molar-refractivity contribution is -0.374. The molecule has 2 saturated carbocycles. The zero-order valence-electron chi connectivity index (χ0n) is 25.2. The molecule has 4 aromatic heterocycles. The molecule has 20 nitrogen and oxygen atoms in total. The SMILES string of the molecule is COC(=O)NC1(O)CCC(n2c(=O)n(C(O)(O)O)c3cnc(Nc4cc(C)c5c(C(O)(O)O)nc(C6(C(N)=O)CC6C)n5n4)cc32)C1. The Kier molecular flexibility index (Phi) is 7.14. The van der Waals surface area contributed by atoms with Crippen molar-refractivity contribution in [3.63, 3.8) is 0 Å². The molecule has 4 unspecified atom stereocenters. The number of hydrogen-bond acceptors (Lipinski definition) is 15. The number of alkyl carbamates (subject to hydrolysis) is 1. The Morgan fingerprint density at radius 3 is 2.36 bits per heavy atom. The number of amides is 2. The number of pyridine rings is 1. The second-order valence-electron chi connectivity index (χ2n) is 12.1. The smallest absolute Gasteiger partial charge is 0.409 e. The van der Waals surface area contributed by atoms with Gasteiger partial charge >= 0.3 is 23.9 Å². The summed E-state index contributed by atoms with van der Waals surface area (Å²) in [5, 5.41) is 80.8. The number of methoxy groups -OCH3 is 1. The highest BCUT2D eigenvalue weighted by atomic mass is 16.7. The molecule has 4 aromatic rings. The third kappa shape index (κ3) is 5.15. The van der Waals surface area contributed by atoms with E-state index in [1.807, 2.05) is 0 Å². The first-order valence-corrected chi connectivity index (χ1v) is 14.3. The van der Waals surface area contributed by atoms with Crippen LogP contribution < -0.4 is 22.1 Å². The molecule has 47 heavy (non-hydrogen) atoms. The van der Waals surface area contributed by atoms with E-state index in [0.717, 1.165) is 17.9 Å². The maximum Gasteiger partial charge on any atom is 0.409 e. The Hall–Kier alpha value is -4.70. The summed E-state index contributed by atoms with van der Waals surface area (Å²) in [4.78, 5) is 46.2. The molecule has 252 valence electrons. The molecule has 0 radical (unpaired) electrons. The lowest BCUT2D eigenvalue weighted by Crippen LogP contribution is -2.47. The molecule has 2 amide bonds. The van der Waals surface area contributed by atoms with Gasteiger partial charge in [0.05, 0.1) is 29.9 Å². The van der Waals surface area contributed by atoms with E-state index in [-0.39, 0.29) is 59.2 Å². The number of ether oxygens (including phenoxy) is 1. The quantitative estimate of drug-likeness (QED) is 0.0871. The molecule has 0 aromatic carbocycles. The summed E-state index contributed by atoms with van der Waals surface area (Å²) in [5.41, 5.74) is 1.26. The van der Waals surface area contributed by atoms with E-state index in [1.165, 1.54) is 16.6 Å². The van der Waals surface area contributed by atoms with E-state index < -0.39 is 52.6 Å². The fraction of sp³-hybridized carbons (Fsp3) is 0.481. The van der Waals surface area contributed by atoms with Crippen LogP contribution in [0.15, 0.2) is 23.1 Å². The number of aryl methyl sites for hydroxylation is 1. The van der Waals surface area contributed by atoms with E-state index in [4.69, 9.17) is 5.73 Å². The second kappa shape index (κ2) is 10.4. The third-order valence-electron chi connectivity index (χ3n) is 8.92. The van der Waals surface area contributed by atoms with Crippen molar-refractivity contribution in [2.24, 2.45) is 11.7 Å². The van der Waals surface area contributed by atoms with Crippen LogP contribution in [0.2, 0.25) is 0 Å². The first-order chi connectivity index (χ1) is 21.8. The molecule has 2 fully saturated rings. The Morgan fingerprint density at radius 2 is 1.79 bits per heavy atom. The number of primary amides is 1. The van der Waals surface area contributed by atoms with Crippen molar-refractivity contribution in [2.75, 3.05) is 12.4 Å².